The van der Waals surface area contributed by atoms with Gasteiger partial charge in [-0.3, -0.25) is 0 Å². The second-order valence-electron chi connectivity index (χ2n) is 3.82. The van der Waals surface area contributed by atoms with Gasteiger partial charge in [0.1, 0.15) is 9.88 Å². The van der Waals surface area contributed by atoms with Gasteiger partial charge in [-0.1, -0.05) is 12.1 Å². The van der Waals surface area contributed by atoms with E-state index in [0.717, 1.165) is 16.9 Å². The number of thiazole rings is 1. The first-order valence-corrected chi connectivity index (χ1v) is 6.55. The summed E-state index contributed by atoms with van der Waals surface area (Å²) in [7, 11) is 3.15. The highest BCUT2D eigenvalue weighted by Crippen LogP contribution is 2.28. The van der Waals surface area contributed by atoms with Gasteiger partial charge in [-0.25, -0.2) is 9.78 Å². The molecule has 1 heterocycles. The van der Waals surface area contributed by atoms with Crippen molar-refractivity contribution in [1.29, 1.82) is 0 Å². The summed E-state index contributed by atoms with van der Waals surface area (Å²) in [5.41, 5.74) is 0.912. The SMILES string of the molecule is COc1ccc(/C=C\c2ncc(C(=O)O)s2)cc1OC. The number of aromatic carboxylic acids is 1. The van der Waals surface area contributed by atoms with Crippen LogP contribution >= 0.6 is 11.3 Å². The molecule has 0 spiro atoms. The van der Waals surface area contributed by atoms with Crippen molar-refractivity contribution in [3.8, 4) is 11.5 Å². The number of rotatable bonds is 5. The van der Waals surface area contributed by atoms with Crippen LogP contribution in [0.25, 0.3) is 12.2 Å². The van der Waals surface area contributed by atoms with Crippen molar-refractivity contribution in [3.05, 3.63) is 39.8 Å². The van der Waals surface area contributed by atoms with Gasteiger partial charge in [0.15, 0.2) is 11.5 Å². The van der Waals surface area contributed by atoms with Gasteiger partial charge in [-0.2, -0.15) is 0 Å². The van der Waals surface area contributed by atoms with Gasteiger partial charge in [-0.05, 0) is 23.8 Å². The Kier molecular flexibility index (Phi) is 4.37. The molecule has 2 rings (SSSR count). The van der Waals surface area contributed by atoms with Crippen molar-refractivity contribution in [2.45, 2.75) is 0 Å². The summed E-state index contributed by atoms with van der Waals surface area (Å²) >= 11 is 1.12. The van der Waals surface area contributed by atoms with Gasteiger partial charge in [0.2, 0.25) is 0 Å². The minimum Gasteiger partial charge on any atom is -0.493 e. The fourth-order valence-electron chi connectivity index (χ4n) is 1.59. The molecule has 0 aliphatic carbocycles. The van der Waals surface area contributed by atoms with Crippen LogP contribution in [0.3, 0.4) is 0 Å². The van der Waals surface area contributed by atoms with Gasteiger partial charge in [0.25, 0.3) is 0 Å². The first-order valence-electron chi connectivity index (χ1n) is 5.73. The molecule has 0 aliphatic heterocycles. The first-order chi connectivity index (χ1) is 9.63. The lowest BCUT2D eigenvalue weighted by molar-refractivity contribution is 0.0702. The maximum Gasteiger partial charge on any atom is 0.347 e. The Bertz CT molecular complexity index is 648. The van der Waals surface area contributed by atoms with E-state index >= 15 is 0 Å². The molecule has 0 saturated carbocycles. The molecular formula is C14H13NO4S. The van der Waals surface area contributed by atoms with E-state index in [1.807, 2.05) is 24.3 Å². The summed E-state index contributed by atoms with van der Waals surface area (Å²) in [5, 5.41) is 9.46. The van der Waals surface area contributed by atoms with Gasteiger partial charge in [0.05, 0.1) is 20.4 Å². The molecule has 0 saturated heterocycles. The largest absolute Gasteiger partial charge is 0.493 e. The average molecular weight is 291 g/mol. The number of benzene rings is 1. The van der Waals surface area contributed by atoms with Crippen molar-refractivity contribution in [1.82, 2.24) is 4.98 Å². The Hall–Kier alpha value is -2.34. The molecular weight excluding hydrogens is 278 g/mol. The summed E-state index contributed by atoms with van der Waals surface area (Å²) in [4.78, 5) is 15.0. The predicted molar refractivity (Wildman–Crippen MR) is 77.5 cm³/mol. The number of carboxylic acid groups (broad SMARTS) is 1. The molecule has 0 atom stereocenters. The number of carboxylic acids is 1. The fourth-order valence-corrected chi connectivity index (χ4v) is 2.25. The first kappa shape index (κ1) is 14.1. The standard InChI is InChI=1S/C14H13NO4S/c1-18-10-5-3-9(7-11(10)19-2)4-6-13-15-8-12(20-13)14(16)17/h3-8H,1-2H3,(H,16,17)/b6-4-. The summed E-state index contributed by atoms with van der Waals surface area (Å²) in [6.07, 6.45) is 4.95. The normalized spacial score (nSPS) is 10.7. The number of hydrogen-bond donors (Lipinski definition) is 1. The fraction of sp³-hybridized carbons (Fsp3) is 0.143. The molecule has 0 radical (unpaired) electrons. The molecule has 1 aromatic carbocycles. The minimum absolute atomic E-state index is 0.219. The maximum absolute atomic E-state index is 10.8. The van der Waals surface area contributed by atoms with Gasteiger partial charge >= 0.3 is 5.97 Å². The lowest BCUT2D eigenvalue weighted by Crippen LogP contribution is -1.90. The molecule has 0 amide bonds. The zero-order valence-electron chi connectivity index (χ0n) is 11.0. The monoisotopic (exact) mass is 291 g/mol. The van der Waals surface area contributed by atoms with Crippen molar-refractivity contribution in [3.63, 3.8) is 0 Å². The predicted octanol–water partition coefficient (Wildman–Crippen LogP) is 3.03. The zero-order chi connectivity index (χ0) is 14.5. The lowest BCUT2D eigenvalue weighted by atomic mass is 10.2. The van der Waals surface area contributed by atoms with Crippen LogP contribution in [0.2, 0.25) is 0 Å². The van der Waals surface area contributed by atoms with Crippen molar-refractivity contribution < 1.29 is 19.4 Å². The highest BCUT2D eigenvalue weighted by Gasteiger charge is 2.06. The van der Waals surface area contributed by atoms with Crippen LogP contribution in [0.15, 0.2) is 24.4 Å². The Balaban J connectivity index is 2.20. The molecule has 0 fully saturated rings. The molecule has 1 N–H and O–H groups in total. The molecule has 0 aliphatic rings. The maximum atomic E-state index is 10.8. The Morgan fingerprint density at radius 3 is 2.60 bits per heavy atom. The van der Waals surface area contributed by atoms with E-state index in [1.54, 1.807) is 20.3 Å². The van der Waals surface area contributed by atoms with Crippen molar-refractivity contribution >= 4 is 29.5 Å². The highest BCUT2D eigenvalue weighted by molar-refractivity contribution is 7.14. The second kappa shape index (κ2) is 6.21. The van der Waals surface area contributed by atoms with Crippen LogP contribution in [0.5, 0.6) is 11.5 Å². The van der Waals surface area contributed by atoms with E-state index in [1.165, 1.54) is 6.20 Å². The van der Waals surface area contributed by atoms with Gasteiger partial charge in [0, 0.05) is 0 Å². The molecule has 6 heteroatoms. The van der Waals surface area contributed by atoms with Crippen molar-refractivity contribution in [2.24, 2.45) is 0 Å². The van der Waals surface area contributed by atoms with E-state index < -0.39 is 5.97 Å². The topological polar surface area (TPSA) is 68.7 Å². The van der Waals surface area contributed by atoms with E-state index in [2.05, 4.69) is 4.98 Å². The number of methoxy groups -OCH3 is 2. The quantitative estimate of drug-likeness (QED) is 0.917. The Morgan fingerprint density at radius 1 is 1.25 bits per heavy atom. The Labute approximate surface area is 120 Å². The smallest absolute Gasteiger partial charge is 0.347 e. The van der Waals surface area contributed by atoms with E-state index in [9.17, 15) is 4.79 Å². The number of hydrogen-bond acceptors (Lipinski definition) is 5. The molecule has 1 aromatic heterocycles. The molecule has 20 heavy (non-hydrogen) atoms. The molecule has 2 aromatic rings. The molecule has 0 bridgehead atoms. The van der Waals surface area contributed by atoms with Crippen LogP contribution in [-0.4, -0.2) is 30.3 Å². The molecule has 0 unspecified atom stereocenters. The second-order valence-corrected chi connectivity index (χ2v) is 4.88. The van der Waals surface area contributed by atoms with Crippen LogP contribution in [-0.2, 0) is 0 Å². The van der Waals surface area contributed by atoms with Gasteiger partial charge < -0.3 is 14.6 Å². The molecule has 5 nitrogen and oxygen atoms in total. The highest BCUT2D eigenvalue weighted by atomic mass is 32.1. The number of nitrogens with zero attached hydrogens (tertiary/aromatic N) is 1. The minimum atomic E-state index is -0.965. The third-order valence-electron chi connectivity index (χ3n) is 2.56. The average Bonchev–Trinajstić information content (AvgIpc) is 2.94. The summed E-state index contributed by atoms with van der Waals surface area (Å²) < 4.78 is 10.4. The van der Waals surface area contributed by atoms with Crippen molar-refractivity contribution in [2.75, 3.05) is 14.2 Å². The molecule has 104 valence electrons. The summed E-state index contributed by atoms with van der Waals surface area (Å²) in [6.45, 7) is 0. The third-order valence-corrected chi connectivity index (χ3v) is 3.51. The third kappa shape index (κ3) is 3.16. The van der Waals surface area contributed by atoms with Crippen LogP contribution in [0.1, 0.15) is 20.2 Å². The summed E-state index contributed by atoms with van der Waals surface area (Å²) in [5.74, 6) is 0.334. The lowest BCUT2D eigenvalue weighted by Gasteiger charge is -2.07. The zero-order valence-corrected chi connectivity index (χ0v) is 11.8. The Morgan fingerprint density at radius 2 is 2.00 bits per heavy atom. The van der Waals surface area contributed by atoms with E-state index in [4.69, 9.17) is 14.6 Å². The van der Waals surface area contributed by atoms with E-state index in [-0.39, 0.29) is 4.88 Å². The van der Waals surface area contributed by atoms with Crippen LogP contribution in [0, 0.1) is 0 Å². The number of ether oxygens (including phenoxy) is 2. The van der Waals surface area contributed by atoms with Crippen LogP contribution in [0.4, 0.5) is 0 Å². The van der Waals surface area contributed by atoms with Crippen LogP contribution < -0.4 is 9.47 Å². The number of aromatic nitrogens is 1. The van der Waals surface area contributed by atoms with Gasteiger partial charge in [-0.15, -0.1) is 11.3 Å². The number of carbonyl (C=O) groups is 1. The summed E-state index contributed by atoms with van der Waals surface area (Å²) in [6, 6.07) is 5.52. The van der Waals surface area contributed by atoms with E-state index in [0.29, 0.717) is 16.5 Å².